The van der Waals surface area contributed by atoms with Crippen molar-refractivity contribution >= 4 is 11.8 Å². The first-order valence-corrected chi connectivity index (χ1v) is 12.8. The van der Waals surface area contributed by atoms with Gasteiger partial charge in [0.05, 0.1) is 21.3 Å². The fraction of sp³-hybridized carbons (Fsp3) is 0.152. The normalized spacial score (nSPS) is 17.3. The van der Waals surface area contributed by atoms with E-state index in [2.05, 4.69) is 6.08 Å². The lowest BCUT2D eigenvalue weighted by Crippen LogP contribution is -2.27. The maximum absolute atomic E-state index is 10.5. The van der Waals surface area contributed by atoms with Crippen molar-refractivity contribution in [2.24, 2.45) is 0 Å². The molecule has 4 aromatic rings. The van der Waals surface area contributed by atoms with Crippen molar-refractivity contribution in [3.63, 3.8) is 0 Å². The number of allylic oxidation sites excluding steroid dienone is 1. The summed E-state index contributed by atoms with van der Waals surface area (Å²) in [6, 6.07) is 23.9. The second-order valence-corrected chi connectivity index (χ2v) is 9.49. The van der Waals surface area contributed by atoms with Crippen molar-refractivity contribution < 1.29 is 33.9 Å². The summed E-state index contributed by atoms with van der Waals surface area (Å²) in [4.78, 5) is 0. The second-order valence-electron chi connectivity index (χ2n) is 9.49. The Hall–Kier alpha value is -5.04. The zero-order valence-electron chi connectivity index (χ0n) is 22.3. The number of phenolic OH excluding ortho intramolecular Hbond substituents is 2. The maximum atomic E-state index is 10.5. The van der Waals surface area contributed by atoms with Crippen LogP contribution in [0.15, 0.2) is 90.5 Å². The standard InChI is InChI=1S/C33H28O7/c1-36-23-12-9-19(10-13-23)11-14-24-29-25(37-2)15-21(34)17-27(29)40-33-30(24)32(20-7-5-4-6-8-20)39-28-18-22(35)16-26(38-3)31(28)33/h4-18,24,32,34-35H,1-3H3/b14-11+/t24?,32-/m0/s1. The highest BCUT2D eigenvalue weighted by molar-refractivity contribution is 5.83. The summed E-state index contributed by atoms with van der Waals surface area (Å²) in [7, 11) is 4.74. The molecule has 202 valence electrons. The van der Waals surface area contributed by atoms with Crippen molar-refractivity contribution in [2.45, 2.75) is 12.0 Å². The first-order chi connectivity index (χ1) is 19.5. The van der Waals surface area contributed by atoms with Gasteiger partial charge in [0.15, 0.2) is 0 Å². The molecule has 1 unspecified atom stereocenters. The van der Waals surface area contributed by atoms with Gasteiger partial charge in [0, 0.05) is 41.3 Å². The third-order valence-corrected chi connectivity index (χ3v) is 7.15. The molecule has 0 fully saturated rings. The van der Waals surface area contributed by atoms with E-state index in [-0.39, 0.29) is 17.4 Å². The Kier molecular flexibility index (Phi) is 6.48. The lowest BCUT2D eigenvalue weighted by atomic mass is 9.79. The van der Waals surface area contributed by atoms with Crippen molar-refractivity contribution in [2.75, 3.05) is 21.3 Å². The van der Waals surface area contributed by atoms with Gasteiger partial charge in [0.1, 0.15) is 57.7 Å². The van der Waals surface area contributed by atoms with Gasteiger partial charge in [-0.05, 0) is 23.3 Å². The van der Waals surface area contributed by atoms with Crippen molar-refractivity contribution in [1.82, 2.24) is 0 Å². The van der Waals surface area contributed by atoms with E-state index in [4.69, 9.17) is 23.7 Å². The van der Waals surface area contributed by atoms with Gasteiger partial charge in [0.25, 0.3) is 0 Å². The molecular weight excluding hydrogens is 508 g/mol. The van der Waals surface area contributed by atoms with E-state index in [0.29, 0.717) is 34.3 Å². The average Bonchev–Trinajstić information content (AvgIpc) is 2.98. The van der Waals surface area contributed by atoms with Crippen LogP contribution in [0.3, 0.4) is 0 Å². The Labute approximate surface area is 232 Å². The van der Waals surface area contributed by atoms with Crippen LogP contribution < -0.4 is 23.7 Å². The lowest BCUT2D eigenvalue weighted by Gasteiger charge is -2.38. The Balaban J connectivity index is 1.62. The number of hydrogen-bond acceptors (Lipinski definition) is 7. The van der Waals surface area contributed by atoms with Gasteiger partial charge in [0.2, 0.25) is 0 Å². The molecular formula is C33H28O7. The number of methoxy groups -OCH3 is 3. The molecule has 4 aromatic carbocycles. The summed E-state index contributed by atoms with van der Waals surface area (Å²) in [6.07, 6.45) is 3.56. The van der Waals surface area contributed by atoms with E-state index in [1.165, 1.54) is 13.2 Å². The Bertz CT molecular complexity index is 1620. The minimum Gasteiger partial charge on any atom is -0.508 e. The molecule has 7 heteroatoms. The van der Waals surface area contributed by atoms with Crippen molar-refractivity contribution in [1.29, 1.82) is 0 Å². The van der Waals surface area contributed by atoms with Crippen LogP contribution in [0, 0.1) is 0 Å². The largest absolute Gasteiger partial charge is 0.508 e. The predicted octanol–water partition coefficient (Wildman–Crippen LogP) is 6.86. The molecule has 2 N–H and O–H groups in total. The van der Waals surface area contributed by atoms with Crippen LogP contribution in [-0.4, -0.2) is 31.5 Å². The van der Waals surface area contributed by atoms with E-state index in [1.54, 1.807) is 32.4 Å². The van der Waals surface area contributed by atoms with Crippen LogP contribution in [0.1, 0.15) is 34.3 Å². The molecule has 0 saturated heterocycles. The third-order valence-electron chi connectivity index (χ3n) is 7.15. The summed E-state index contributed by atoms with van der Waals surface area (Å²) in [5.74, 6) is 2.74. The topological polar surface area (TPSA) is 86.6 Å². The monoisotopic (exact) mass is 536 g/mol. The average molecular weight is 537 g/mol. The summed E-state index contributed by atoms with van der Waals surface area (Å²) >= 11 is 0. The highest BCUT2D eigenvalue weighted by atomic mass is 16.5. The number of fused-ring (bicyclic) bond motifs is 3. The van der Waals surface area contributed by atoms with Crippen molar-refractivity contribution in [3.8, 4) is 40.2 Å². The molecule has 0 bridgehead atoms. The van der Waals surface area contributed by atoms with Gasteiger partial charge in [-0.2, -0.15) is 0 Å². The van der Waals surface area contributed by atoms with Gasteiger partial charge in [-0.25, -0.2) is 0 Å². The van der Waals surface area contributed by atoms with E-state index in [9.17, 15) is 10.2 Å². The Morgan fingerprint density at radius 1 is 0.750 bits per heavy atom. The molecule has 40 heavy (non-hydrogen) atoms. The maximum Gasteiger partial charge on any atom is 0.150 e. The molecule has 0 saturated carbocycles. The zero-order valence-corrected chi connectivity index (χ0v) is 22.3. The summed E-state index contributed by atoms with van der Waals surface area (Å²) in [6.45, 7) is 0. The van der Waals surface area contributed by atoms with Crippen LogP contribution in [0.5, 0.6) is 40.2 Å². The first kappa shape index (κ1) is 25.2. The summed E-state index contributed by atoms with van der Waals surface area (Å²) in [5, 5.41) is 20.9. The van der Waals surface area contributed by atoms with E-state index in [0.717, 1.165) is 28.0 Å². The highest BCUT2D eigenvalue weighted by Crippen LogP contribution is 2.58. The zero-order chi connectivity index (χ0) is 27.8. The van der Waals surface area contributed by atoms with Gasteiger partial charge in [-0.15, -0.1) is 0 Å². The smallest absolute Gasteiger partial charge is 0.150 e. The van der Waals surface area contributed by atoms with Gasteiger partial charge in [-0.3, -0.25) is 0 Å². The molecule has 0 aromatic heterocycles. The molecule has 2 heterocycles. The Morgan fingerprint density at radius 2 is 1.43 bits per heavy atom. The number of benzene rings is 4. The molecule has 2 atom stereocenters. The molecule has 7 nitrogen and oxygen atoms in total. The number of hydrogen-bond donors (Lipinski definition) is 2. The number of ether oxygens (including phenoxy) is 5. The Morgan fingerprint density at radius 3 is 2.10 bits per heavy atom. The SMILES string of the molecule is COc1ccc(/C=C/C2C3=C(Oc4cc(O)cc(OC)c42)c2c(OC)cc(O)cc2O[C@H]3c2ccccc2)cc1. The quantitative estimate of drug-likeness (QED) is 0.278. The van der Waals surface area contributed by atoms with Crippen LogP contribution in [0.4, 0.5) is 0 Å². The number of phenols is 2. The number of rotatable bonds is 6. The molecule has 0 radical (unpaired) electrons. The van der Waals surface area contributed by atoms with E-state index < -0.39 is 6.10 Å². The second kappa shape index (κ2) is 10.3. The predicted molar refractivity (Wildman–Crippen MR) is 151 cm³/mol. The summed E-state index contributed by atoms with van der Waals surface area (Å²) < 4.78 is 29.9. The van der Waals surface area contributed by atoms with Crippen molar-refractivity contribution in [3.05, 3.63) is 113 Å². The molecule has 2 aliphatic heterocycles. The van der Waals surface area contributed by atoms with Gasteiger partial charge in [-0.1, -0.05) is 54.6 Å². The van der Waals surface area contributed by atoms with Gasteiger partial charge >= 0.3 is 0 Å². The van der Waals surface area contributed by atoms with E-state index >= 15 is 0 Å². The van der Waals surface area contributed by atoms with Gasteiger partial charge < -0.3 is 33.9 Å². The fourth-order valence-electron chi connectivity index (χ4n) is 5.33. The van der Waals surface area contributed by atoms with Crippen LogP contribution >= 0.6 is 0 Å². The minimum absolute atomic E-state index is 0.0120. The number of aromatic hydroxyl groups is 2. The van der Waals surface area contributed by atoms with E-state index in [1.807, 2.05) is 60.7 Å². The minimum atomic E-state index is -0.549. The van der Waals surface area contributed by atoms with Crippen LogP contribution in [0.2, 0.25) is 0 Å². The molecule has 0 spiro atoms. The molecule has 0 aliphatic carbocycles. The summed E-state index contributed by atoms with van der Waals surface area (Å²) in [5.41, 5.74) is 4.07. The first-order valence-electron chi connectivity index (χ1n) is 12.8. The molecule has 6 rings (SSSR count). The fourth-order valence-corrected chi connectivity index (χ4v) is 5.33. The lowest BCUT2D eigenvalue weighted by molar-refractivity contribution is 0.218. The third kappa shape index (κ3) is 4.35. The van der Waals surface area contributed by atoms with Crippen LogP contribution in [0.25, 0.3) is 11.8 Å². The molecule has 2 aliphatic rings. The van der Waals surface area contributed by atoms with Crippen LogP contribution in [-0.2, 0) is 0 Å². The molecule has 0 amide bonds. The highest BCUT2D eigenvalue weighted by Gasteiger charge is 2.43.